The van der Waals surface area contributed by atoms with Gasteiger partial charge in [0.15, 0.2) is 0 Å². The standard InChI is InChI=1S/C11H16N2O/c1-11(2,7-12)10(14)13-5-8-3-4-9(8)6-13/h8-9H,3-6H2,1-2H3. The minimum Gasteiger partial charge on any atom is -0.341 e. The molecule has 1 heterocycles. The predicted octanol–water partition coefficient (Wildman–Crippen LogP) is 1.40. The van der Waals surface area contributed by atoms with Gasteiger partial charge < -0.3 is 4.90 Å². The number of hydrogen-bond acceptors (Lipinski definition) is 2. The summed E-state index contributed by atoms with van der Waals surface area (Å²) in [5.74, 6) is 1.47. The van der Waals surface area contributed by atoms with Crippen LogP contribution in [0.2, 0.25) is 0 Å². The smallest absolute Gasteiger partial charge is 0.242 e. The van der Waals surface area contributed by atoms with E-state index in [-0.39, 0.29) is 5.91 Å². The molecule has 2 aliphatic rings. The Hall–Kier alpha value is -1.04. The third-order valence-electron chi connectivity index (χ3n) is 3.59. The summed E-state index contributed by atoms with van der Waals surface area (Å²) in [4.78, 5) is 13.8. The monoisotopic (exact) mass is 192 g/mol. The molecule has 3 nitrogen and oxygen atoms in total. The van der Waals surface area contributed by atoms with Gasteiger partial charge in [-0.05, 0) is 38.5 Å². The van der Waals surface area contributed by atoms with Crippen LogP contribution in [0.25, 0.3) is 0 Å². The normalized spacial score (nSPS) is 30.5. The van der Waals surface area contributed by atoms with Gasteiger partial charge in [0, 0.05) is 13.1 Å². The Kier molecular flexibility index (Phi) is 2.02. The van der Waals surface area contributed by atoms with Crippen molar-refractivity contribution in [2.24, 2.45) is 17.3 Å². The Morgan fingerprint density at radius 2 is 1.86 bits per heavy atom. The highest BCUT2D eigenvalue weighted by Gasteiger charge is 2.44. The zero-order valence-electron chi connectivity index (χ0n) is 8.79. The van der Waals surface area contributed by atoms with Crippen LogP contribution in [0.3, 0.4) is 0 Å². The van der Waals surface area contributed by atoms with Crippen LogP contribution in [0.4, 0.5) is 0 Å². The van der Waals surface area contributed by atoms with Gasteiger partial charge >= 0.3 is 0 Å². The van der Waals surface area contributed by atoms with Gasteiger partial charge in [-0.2, -0.15) is 5.26 Å². The molecule has 1 aliphatic carbocycles. The topological polar surface area (TPSA) is 44.1 Å². The lowest BCUT2D eigenvalue weighted by molar-refractivity contribution is -0.136. The molecular formula is C11H16N2O. The molecule has 3 heteroatoms. The number of hydrogen-bond donors (Lipinski definition) is 0. The molecule has 2 rings (SSSR count). The van der Waals surface area contributed by atoms with Crippen LogP contribution in [0, 0.1) is 28.6 Å². The summed E-state index contributed by atoms with van der Waals surface area (Å²) in [7, 11) is 0. The lowest BCUT2D eigenvalue weighted by atomic mass is 9.77. The molecule has 1 aliphatic heterocycles. The molecule has 2 unspecified atom stereocenters. The molecule has 0 aromatic carbocycles. The molecule has 0 bridgehead atoms. The van der Waals surface area contributed by atoms with Gasteiger partial charge in [-0.3, -0.25) is 4.79 Å². The van der Waals surface area contributed by atoms with Crippen LogP contribution >= 0.6 is 0 Å². The highest BCUT2D eigenvalue weighted by molar-refractivity contribution is 5.84. The van der Waals surface area contributed by atoms with Crippen LogP contribution < -0.4 is 0 Å². The number of nitrogens with zero attached hydrogens (tertiary/aromatic N) is 2. The molecule has 1 saturated heterocycles. The molecule has 2 atom stereocenters. The Morgan fingerprint density at radius 1 is 1.36 bits per heavy atom. The number of nitriles is 1. The van der Waals surface area contributed by atoms with E-state index in [0.717, 1.165) is 24.9 Å². The first-order valence-corrected chi connectivity index (χ1v) is 5.25. The first-order valence-electron chi connectivity index (χ1n) is 5.25. The average Bonchev–Trinajstić information content (AvgIpc) is 2.42. The van der Waals surface area contributed by atoms with E-state index in [0.29, 0.717) is 0 Å². The maximum absolute atomic E-state index is 11.9. The molecule has 0 N–H and O–H groups in total. The fourth-order valence-electron chi connectivity index (χ4n) is 2.37. The van der Waals surface area contributed by atoms with Crippen molar-refractivity contribution in [3.8, 4) is 6.07 Å². The highest BCUT2D eigenvalue weighted by Crippen LogP contribution is 2.41. The molecule has 0 spiro atoms. The largest absolute Gasteiger partial charge is 0.341 e. The van der Waals surface area contributed by atoms with Crippen LogP contribution in [0.5, 0.6) is 0 Å². The van der Waals surface area contributed by atoms with E-state index in [1.165, 1.54) is 12.8 Å². The zero-order valence-corrected chi connectivity index (χ0v) is 8.79. The second-order valence-electron chi connectivity index (χ2n) is 5.04. The molecule has 2 fully saturated rings. The van der Waals surface area contributed by atoms with Crippen molar-refractivity contribution in [2.75, 3.05) is 13.1 Å². The summed E-state index contributed by atoms with van der Waals surface area (Å²) in [6.45, 7) is 5.17. The average molecular weight is 192 g/mol. The van der Waals surface area contributed by atoms with Crippen molar-refractivity contribution in [1.82, 2.24) is 4.90 Å². The summed E-state index contributed by atoms with van der Waals surface area (Å²) < 4.78 is 0. The van der Waals surface area contributed by atoms with Gasteiger partial charge in [0.25, 0.3) is 0 Å². The number of rotatable bonds is 1. The summed E-state index contributed by atoms with van der Waals surface area (Å²) in [6.07, 6.45) is 2.53. The number of fused-ring (bicyclic) bond motifs is 1. The lowest BCUT2D eigenvalue weighted by Crippen LogP contribution is -2.38. The van der Waals surface area contributed by atoms with Crippen molar-refractivity contribution >= 4 is 5.91 Å². The maximum atomic E-state index is 11.9. The van der Waals surface area contributed by atoms with Crippen molar-refractivity contribution in [3.05, 3.63) is 0 Å². The minimum atomic E-state index is -0.843. The fourth-order valence-corrected chi connectivity index (χ4v) is 2.37. The SMILES string of the molecule is CC(C)(C#N)C(=O)N1CC2CCC2C1. The molecule has 1 saturated carbocycles. The molecule has 1 amide bonds. The maximum Gasteiger partial charge on any atom is 0.242 e. The van der Waals surface area contributed by atoms with E-state index >= 15 is 0 Å². The van der Waals surface area contributed by atoms with E-state index in [1.807, 2.05) is 4.90 Å². The van der Waals surface area contributed by atoms with Gasteiger partial charge in [-0.1, -0.05) is 0 Å². The number of carbonyl (C=O) groups excluding carboxylic acids is 1. The van der Waals surface area contributed by atoms with Crippen molar-refractivity contribution in [2.45, 2.75) is 26.7 Å². The van der Waals surface area contributed by atoms with E-state index in [9.17, 15) is 4.79 Å². The number of carbonyl (C=O) groups is 1. The van der Waals surface area contributed by atoms with E-state index < -0.39 is 5.41 Å². The second-order valence-corrected chi connectivity index (χ2v) is 5.04. The van der Waals surface area contributed by atoms with Gasteiger partial charge in [0.05, 0.1) is 6.07 Å². The van der Waals surface area contributed by atoms with E-state index in [1.54, 1.807) is 13.8 Å². The summed E-state index contributed by atoms with van der Waals surface area (Å²) in [5, 5.41) is 8.87. The summed E-state index contributed by atoms with van der Waals surface area (Å²) in [6, 6.07) is 2.08. The number of amides is 1. The van der Waals surface area contributed by atoms with E-state index in [4.69, 9.17) is 5.26 Å². The molecule has 0 radical (unpaired) electrons. The Morgan fingerprint density at radius 3 is 2.21 bits per heavy atom. The number of likely N-dealkylation sites (tertiary alicyclic amines) is 1. The van der Waals surface area contributed by atoms with E-state index in [2.05, 4.69) is 6.07 Å². The van der Waals surface area contributed by atoms with Crippen molar-refractivity contribution in [3.63, 3.8) is 0 Å². The van der Waals surface area contributed by atoms with Crippen LogP contribution in [-0.4, -0.2) is 23.9 Å². The quantitative estimate of drug-likeness (QED) is 0.630. The molecular weight excluding hydrogens is 176 g/mol. The van der Waals surface area contributed by atoms with Crippen LogP contribution in [-0.2, 0) is 4.79 Å². The van der Waals surface area contributed by atoms with Crippen LogP contribution in [0.1, 0.15) is 26.7 Å². The fraction of sp³-hybridized carbons (Fsp3) is 0.818. The zero-order chi connectivity index (χ0) is 10.3. The molecule has 14 heavy (non-hydrogen) atoms. The van der Waals surface area contributed by atoms with Gasteiger partial charge in [-0.15, -0.1) is 0 Å². The second kappa shape index (κ2) is 2.98. The molecule has 76 valence electrons. The first-order chi connectivity index (χ1) is 6.54. The van der Waals surface area contributed by atoms with Gasteiger partial charge in [0.1, 0.15) is 5.41 Å². The van der Waals surface area contributed by atoms with Gasteiger partial charge in [-0.25, -0.2) is 0 Å². The summed E-state index contributed by atoms with van der Waals surface area (Å²) >= 11 is 0. The Balaban J connectivity index is 2.03. The Labute approximate surface area is 84.7 Å². The van der Waals surface area contributed by atoms with Gasteiger partial charge in [0.2, 0.25) is 5.91 Å². The molecule has 0 aromatic rings. The molecule has 0 aromatic heterocycles. The van der Waals surface area contributed by atoms with Crippen molar-refractivity contribution in [1.29, 1.82) is 5.26 Å². The highest BCUT2D eigenvalue weighted by atomic mass is 16.2. The van der Waals surface area contributed by atoms with Crippen LogP contribution in [0.15, 0.2) is 0 Å². The Bertz CT molecular complexity index is 291. The minimum absolute atomic E-state index is 0.00870. The predicted molar refractivity (Wildman–Crippen MR) is 52.2 cm³/mol. The lowest BCUT2D eigenvalue weighted by Gasteiger charge is -2.27. The first kappa shape index (κ1) is 9.51. The third-order valence-corrected chi connectivity index (χ3v) is 3.59. The third kappa shape index (κ3) is 1.30. The van der Waals surface area contributed by atoms with Crippen molar-refractivity contribution < 1.29 is 4.79 Å². The summed E-state index contributed by atoms with van der Waals surface area (Å²) in [5.41, 5.74) is -0.843.